The van der Waals surface area contributed by atoms with Crippen molar-refractivity contribution in [3.8, 4) is 0 Å². The van der Waals surface area contributed by atoms with E-state index >= 15 is 0 Å². The third-order valence-corrected chi connectivity index (χ3v) is 14.3. The van der Waals surface area contributed by atoms with Gasteiger partial charge in [0.15, 0.2) is 0 Å². The SMILES string of the molecule is C=CCC(C)(C)[C@@](C)(C=C)CCOC(C)=O.C=CCC(C)(C)[C@](C)(C=C)CCOC(C)=O.CC(=O)OCC[C@@]1(C)C=CCC1(C)C.CC(=O)OCC[C@]1(C)C=CCC1(C)C. The molecule has 0 fully saturated rings. The van der Waals surface area contributed by atoms with Gasteiger partial charge in [-0.25, -0.2) is 0 Å². The van der Waals surface area contributed by atoms with Crippen LogP contribution >= 0.6 is 0 Å². The maximum atomic E-state index is 10.7. The Morgan fingerprint density at radius 2 is 0.783 bits per heavy atom. The number of hydrogen-bond donors (Lipinski definition) is 0. The van der Waals surface area contributed by atoms with Crippen LogP contribution in [-0.4, -0.2) is 50.3 Å². The summed E-state index contributed by atoms with van der Waals surface area (Å²) >= 11 is 0. The van der Waals surface area contributed by atoms with E-state index in [1.807, 2.05) is 24.3 Å². The van der Waals surface area contributed by atoms with E-state index < -0.39 is 0 Å². The van der Waals surface area contributed by atoms with Gasteiger partial charge in [-0.3, -0.25) is 19.2 Å². The first kappa shape index (κ1) is 58.4. The fraction of sp³-hybridized carbons (Fsp3) is 0.692. The monoisotopic (exact) mass is 841 g/mol. The highest BCUT2D eigenvalue weighted by Crippen LogP contribution is 2.51. The molecule has 60 heavy (non-hydrogen) atoms. The molecule has 2 aliphatic carbocycles. The van der Waals surface area contributed by atoms with Crippen molar-refractivity contribution in [1.82, 2.24) is 0 Å². The van der Waals surface area contributed by atoms with Gasteiger partial charge in [-0.2, -0.15) is 0 Å². The highest BCUT2D eigenvalue weighted by atomic mass is 16.5. The van der Waals surface area contributed by atoms with E-state index in [2.05, 4.69) is 134 Å². The van der Waals surface area contributed by atoms with Gasteiger partial charge in [0.05, 0.1) is 26.4 Å². The number of ether oxygens (including phenoxy) is 4. The zero-order valence-corrected chi connectivity index (χ0v) is 41.2. The van der Waals surface area contributed by atoms with Gasteiger partial charge in [-0.1, -0.05) is 132 Å². The van der Waals surface area contributed by atoms with E-state index in [0.717, 1.165) is 51.4 Å². The Morgan fingerprint density at radius 3 is 0.983 bits per heavy atom. The lowest BCUT2D eigenvalue weighted by Gasteiger charge is -2.42. The van der Waals surface area contributed by atoms with Gasteiger partial charge in [0.1, 0.15) is 0 Å². The number of allylic oxidation sites excluding steroid dienone is 8. The van der Waals surface area contributed by atoms with Crippen molar-refractivity contribution in [1.29, 1.82) is 0 Å². The molecule has 0 aliphatic heterocycles. The number of rotatable bonds is 20. The average molecular weight is 841 g/mol. The van der Waals surface area contributed by atoms with Gasteiger partial charge in [-0.05, 0) is 94.7 Å². The third kappa shape index (κ3) is 18.9. The number of carbonyl (C=O) groups is 4. The van der Waals surface area contributed by atoms with Gasteiger partial charge >= 0.3 is 23.9 Å². The van der Waals surface area contributed by atoms with Gasteiger partial charge in [0, 0.05) is 27.7 Å². The number of esters is 4. The zero-order chi connectivity index (χ0) is 47.3. The Kier molecular flexibility index (Phi) is 24.6. The zero-order valence-electron chi connectivity index (χ0n) is 41.2. The molecule has 8 heteroatoms. The first-order valence-corrected chi connectivity index (χ1v) is 21.7. The lowest BCUT2D eigenvalue weighted by Crippen LogP contribution is -2.34. The van der Waals surface area contributed by atoms with Crippen LogP contribution in [0.1, 0.15) is 162 Å². The summed E-state index contributed by atoms with van der Waals surface area (Å²) in [5.74, 6) is -0.831. The summed E-state index contributed by atoms with van der Waals surface area (Å²) in [6, 6.07) is 0. The van der Waals surface area contributed by atoms with Crippen LogP contribution in [0.25, 0.3) is 0 Å². The van der Waals surface area contributed by atoms with Gasteiger partial charge in [0.25, 0.3) is 0 Å². The molecule has 344 valence electrons. The predicted octanol–water partition coefficient (Wildman–Crippen LogP) is 13.3. The minimum atomic E-state index is -0.229. The molecular weight excluding hydrogens is 753 g/mol. The molecule has 0 spiro atoms. The second-order valence-electron chi connectivity index (χ2n) is 20.2. The summed E-state index contributed by atoms with van der Waals surface area (Å²) in [5, 5.41) is 0. The summed E-state index contributed by atoms with van der Waals surface area (Å²) < 4.78 is 20.0. The van der Waals surface area contributed by atoms with E-state index in [0.29, 0.717) is 26.4 Å². The lowest BCUT2D eigenvalue weighted by atomic mass is 9.63. The molecule has 0 aromatic rings. The number of hydrogen-bond acceptors (Lipinski definition) is 8. The molecule has 0 saturated heterocycles. The Bertz CT molecular complexity index is 1370. The Hall–Kier alpha value is -3.68. The first-order chi connectivity index (χ1) is 27.3. The molecule has 4 atom stereocenters. The fourth-order valence-electron chi connectivity index (χ4n) is 7.24. The van der Waals surface area contributed by atoms with Crippen molar-refractivity contribution in [2.45, 2.75) is 162 Å². The van der Waals surface area contributed by atoms with Crippen LogP contribution in [0, 0.1) is 43.3 Å². The molecule has 0 aromatic heterocycles. The minimum Gasteiger partial charge on any atom is -0.466 e. The normalized spacial score (nSPS) is 21.6. The van der Waals surface area contributed by atoms with Crippen LogP contribution in [0.15, 0.2) is 74.9 Å². The molecule has 0 N–H and O–H groups in total. The largest absolute Gasteiger partial charge is 0.466 e. The standard InChI is InChI=1S/2C14H24O2.2C12H20O2/c2*1-7-9-13(4,5)14(6,8-2)10-11-16-12(3)15;2*1-10(13)14-9-8-12(4)7-5-6-11(12,2)3/h2*7-8H,1-2,9-11H2,3-6H3;2*5,7H,6,8-9H2,1-4H3/t2*14-;2*12-/m1010/s1. The fourth-order valence-corrected chi connectivity index (χ4v) is 7.24. The van der Waals surface area contributed by atoms with Gasteiger partial charge in [0.2, 0.25) is 0 Å². The molecular formula is C52H88O8. The maximum Gasteiger partial charge on any atom is 0.302 e. The molecule has 0 amide bonds. The lowest BCUT2D eigenvalue weighted by molar-refractivity contribution is -0.142. The van der Waals surface area contributed by atoms with Crippen molar-refractivity contribution >= 4 is 23.9 Å². The molecule has 0 aromatic carbocycles. The highest BCUT2D eigenvalue weighted by molar-refractivity contribution is 5.66. The maximum absolute atomic E-state index is 10.7. The highest BCUT2D eigenvalue weighted by Gasteiger charge is 2.42. The molecule has 0 radical (unpaired) electrons. The van der Waals surface area contributed by atoms with Gasteiger partial charge < -0.3 is 18.9 Å². The molecule has 0 unspecified atom stereocenters. The Morgan fingerprint density at radius 1 is 0.517 bits per heavy atom. The third-order valence-electron chi connectivity index (χ3n) is 14.3. The van der Waals surface area contributed by atoms with Crippen LogP contribution in [-0.2, 0) is 38.1 Å². The van der Waals surface area contributed by atoms with Crippen molar-refractivity contribution < 1.29 is 38.1 Å². The predicted molar refractivity (Wildman–Crippen MR) is 250 cm³/mol. The number of carbonyl (C=O) groups excluding carboxylic acids is 4. The van der Waals surface area contributed by atoms with Crippen molar-refractivity contribution in [3.05, 3.63) is 74.9 Å². The molecule has 0 bridgehead atoms. The summed E-state index contributed by atoms with van der Waals surface area (Å²) in [4.78, 5) is 42.7. The Labute approximate surface area is 367 Å². The summed E-state index contributed by atoms with van der Waals surface area (Å²) in [7, 11) is 0. The summed E-state index contributed by atoms with van der Waals surface area (Å²) in [6.45, 7) is 49.6. The molecule has 2 aliphatic rings. The van der Waals surface area contributed by atoms with Crippen LogP contribution in [0.3, 0.4) is 0 Å². The molecule has 0 heterocycles. The van der Waals surface area contributed by atoms with Crippen LogP contribution in [0.5, 0.6) is 0 Å². The smallest absolute Gasteiger partial charge is 0.302 e. The van der Waals surface area contributed by atoms with E-state index in [1.54, 1.807) is 0 Å². The van der Waals surface area contributed by atoms with E-state index in [1.165, 1.54) is 27.7 Å². The second kappa shape index (κ2) is 25.3. The van der Waals surface area contributed by atoms with Crippen molar-refractivity contribution in [2.24, 2.45) is 43.3 Å². The van der Waals surface area contributed by atoms with Crippen molar-refractivity contribution in [2.75, 3.05) is 26.4 Å². The molecule has 2 rings (SSSR count). The first-order valence-electron chi connectivity index (χ1n) is 21.7. The van der Waals surface area contributed by atoms with Crippen LogP contribution in [0.4, 0.5) is 0 Å². The quantitative estimate of drug-likeness (QED) is 0.0678. The molecule has 0 saturated carbocycles. The minimum absolute atomic E-state index is 0.0589. The molecule has 8 nitrogen and oxygen atoms in total. The van der Waals surface area contributed by atoms with Crippen molar-refractivity contribution in [3.63, 3.8) is 0 Å². The van der Waals surface area contributed by atoms with Crippen LogP contribution in [0.2, 0.25) is 0 Å². The van der Waals surface area contributed by atoms with E-state index in [4.69, 9.17) is 18.9 Å². The summed E-state index contributed by atoms with van der Waals surface area (Å²) in [6.07, 6.45) is 24.2. The topological polar surface area (TPSA) is 105 Å². The van der Waals surface area contributed by atoms with E-state index in [-0.39, 0.29) is 67.2 Å². The van der Waals surface area contributed by atoms with Gasteiger partial charge in [-0.15, -0.1) is 26.3 Å². The average Bonchev–Trinajstić information content (AvgIpc) is 3.54. The van der Waals surface area contributed by atoms with Crippen LogP contribution < -0.4 is 0 Å². The summed E-state index contributed by atoms with van der Waals surface area (Å²) in [5.41, 5.74) is 0.922. The second-order valence-corrected chi connectivity index (χ2v) is 20.2. The Balaban J connectivity index is 0. The van der Waals surface area contributed by atoms with E-state index in [9.17, 15) is 19.2 Å².